The van der Waals surface area contributed by atoms with Crippen molar-refractivity contribution in [2.24, 2.45) is 10.9 Å². The SMILES string of the molecule is CCOC(=O)/C(C=NC1(C(C)CO)CCC1)=C(\O)c1cc(F)c(F)c(F)c1F. The number of halogens is 4. The van der Waals surface area contributed by atoms with Gasteiger partial charge in [0.2, 0.25) is 0 Å². The van der Waals surface area contributed by atoms with Crippen molar-refractivity contribution in [3.05, 3.63) is 40.5 Å². The molecular weight excluding hydrogens is 382 g/mol. The lowest BCUT2D eigenvalue weighted by molar-refractivity contribution is -0.137. The van der Waals surface area contributed by atoms with E-state index >= 15 is 0 Å². The fraction of sp³-hybridized carbons (Fsp3) is 0.474. The van der Waals surface area contributed by atoms with Crippen LogP contribution in [-0.4, -0.2) is 41.1 Å². The molecule has 1 saturated carbocycles. The van der Waals surface area contributed by atoms with Gasteiger partial charge < -0.3 is 14.9 Å². The summed E-state index contributed by atoms with van der Waals surface area (Å²) in [7, 11) is 0. The number of aliphatic hydroxyl groups excluding tert-OH is 2. The Morgan fingerprint density at radius 3 is 2.43 bits per heavy atom. The predicted molar refractivity (Wildman–Crippen MR) is 93.8 cm³/mol. The molecule has 1 aromatic carbocycles. The van der Waals surface area contributed by atoms with Crippen LogP contribution in [0.15, 0.2) is 16.6 Å². The summed E-state index contributed by atoms with van der Waals surface area (Å²) in [5, 5.41) is 19.7. The molecule has 2 rings (SSSR count). The molecule has 0 heterocycles. The molecule has 0 spiro atoms. The highest BCUT2D eigenvalue weighted by molar-refractivity contribution is 6.15. The number of hydrogen-bond acceptors (Lipinski definition) is 5. The minimum Gasteiger partial charge on any atom is -0.506 e. The third-order valence-corrected chi connectivity index (χ3v) is 4.97. The molecule has 1 unspecified atom stereocenters. The molecule has 1 atom stereocenters. The Bertz CT molecular complexity index is 819. The zero-order valence-electron chi connectivity index (χ0n) is 15.4. The second-order valence-electron chi connectivity index (χ2n) is 6.63. The molecule has 28 heavy (non-hydrogen) atoms. The third-order valence-electron chi connectivity index (χ3n) is 4.97. The van der Waals surface area contributed by atoms with E-state index in [1.54, 1.807) is 6.92 Å². The molecule has 0 saturated heterocycles. The maximum absolute atomic E-state index is 14.0. The van der Waals surface area contributed by atoms with E-state index in [0.717, 1.165) is 12.6 Å². The van der Waals surface area contributed by atoms with Gasteiger partial charge in [-0.05, 0) is 32.3 Å². The first kappa shape index (κ1) is 21.9. The maximum atomic E-state index is 14.0. The van der Waals surface area contributed by atoms with Gasteiger partial charge >= 0.3 is 5.97 Å². The zero-order chi connectivity index (χ0) is 21.1. The van der Waals surface area contributed by atoms with Gasteiger partial charge in [0.05, 0.1) is 17.7 Å². The second kappa shape index (κ2) is 8.72. The Hall–Kier alpha value is -2.42. The molecule has 5 nitrogen and oxygen atoms in total. The maximum Gasteiger partial charge on any atom is 0.343 e. The third kappa shape index (κ3) is 4.04. The highest BCUT2D eigenvalue weighted by atomic mass is 19.2. The molecule has 9 heteroatoms. The van der Waals surface area contributed by atoms with Crippen molar-refractivity contribution >= 4 is 17.9 Å². The minimum atomic E-state index is -2.12. The molecule has 0 radical (unpaired) electrons. The van der Waals surface area contributed by atoms with E-state index < -0.39 is 51.7 Å². The van der Waals surface area contributed by atoms with Gasteiger partial charge in [0.25, 0.3) is 0 Å². The van der Waals surface area contributed by atoms with Crippen LogP contribution in [0.1, 0.15) is 38.7 Å². The monoisotopic (exact) mass is 403 g/mol. The number of esters is 1. The second-order valence-corrected chi connectivity index (χ2v) is 6.63. The van der Waals surface area contributed by atoms with E-state index in [0.29, 0.717) is 12.8 Å². The summed E-state index contributed by atoms with van der Waals surface area (Å²) in [6.45, 7) is 3.00. The smallest absolute Gasteiger partial charge is 0.343 e. The summed E-state index contributed by atoms with van der Waals surface area (Å²) in [5.74, 6) is -10.2. The van der Waals surface area contributed by atoms with E-state index in [-0.39, 0.29) is 25.2 Å². The van der Waals surface area contributed by atoms with Gasteiger partial charge in [0.15, 0.2) is 23.3 Å². The van der Waals surface area contributed by atoms with Crippen LogP contribution in [0.5, 0.6) is 0 Å². The van der Waals surface area contributed by atoms with Gasteiger partial charge in [-0.1, -0.05) is 6.92 Å². The summed E-state index contributed by atoms with van der Waals surface area (Å²) in [6.07, 6.45) is 3.03. The van der Waals surface area contributed by atoms with Crippen molar-refractivity contribution in [2.75, 3.05) is 13.2 Å². The summed E-state index contributed by atoms with van der Waals surface area (Å²) in [5.41, 5.74) is -2.35. The standard InChI is InChI=1S/C19H21F4NO4/c1-3-28-18(27)12(8-24-19(5-4-6-19)10(2)9-25)17(26)11-7-13(20)15(22)16(23)14(11)21/h7-8,10,25-26H,3-6,9H2,1-2H3/b17-12-,24-8?. The number of carbonyl (C=O) groups is 1. The highest BCUT2D eigenvalue weighted by Crippen LogP contribution is 2.42. The van der Waals surface area contributed by atoms with Crippen LogP contribution < -0.4 is 0 Å². The first-order chi connectivity index (χ1) is 13.2. The molecule has 154 valence electrons. The Morgan fingerprint density at radius 1 is 1.29 bits per heavy atom. The van der Waals surface area contributed by atoms with Gasteiger partial charge in [-0.3, -0.25) is 4.99 Å². The normalized spacial score (nSPS) is 17.8. The molecule has 1 aromatic rings. The van der Waals surface area contributed by atoms with Gasteiger partial charge in [0, 0.05) is 18.7 Å². The van der Waals surface area contributed by atoms with Crippen LogP contribution in [0.2, 0.25) is 0 Å². The quantitative estimate of drug-likeness (QED) is 0.138. The predicted octanol–water partition coefficient (Wildman–Crippen LogP) is 3.70. The fourth-order valence-corrected chi connectivity index (χ4v) is 2.96. The summed E-state index contributed by atoms with van der Waals surface area (Å²) < 4.78 is 59.0. The Balaban J connectivity index is 2.57. The number of rotatable bonds is 7. The van der Waals surface area contributed by atoms with Gasteiger partial charge in [0.1, 0.15) is 11.3 Å². The highest BCUT2D eigenvalue weighted by Gasteiger charge is 2.41. The first-order valence-electron chi connectivity index (χ1n) is 8.78. The van der Waals surface area contributed by atoms with Crippen molar-refractivity contribution in [3.8, 4) is 0 Å². The van der Waals surface area contributed by atoms with Crippen molar-refractivity contribution in [1.29, 1.82) is 0 Å². The van der Waals surface area contributed by atoms with Crippen LogP contribution in [0.25, 0.3) is 5.76 Å². The van der Waals surface area contributed by atoms with Crippen molar-refractivity contribution in [1.82, 2.24) is 0 Å². The van der Waals surface area contributed by atoms with Crippen LogP contribution in [-0.2, 0) is 9.53 Å². The van der Waals surface area contributed by atoms with Gasteiger partial charge in [-0.15, -0.1) is 0 Å². The van der Waals surface area contributed by atoms with Crippen LogP contribution in [0.4, 0.5) is 17.6 Å². The number of carbonyl (C=O) groups excluding carboxylic acids is 1. The van der Waals surface area contributed by atoms with Crippen LogP contribution in [0.3, 0.4) is 0 Å². The van der Waals surface area contributed by atoms with E-state index in [9.17, 15) is 32.6 Å². The topological polar surface area (TPSA) is 79.1 Å². The number of aliphatic imine (C=N–C) groups is 1. The Kier molecular flexibility index (Phi) is 6.82. The summed E-state index contributed by atoms with van der Waals surface area (Å²) >= 11 is 0. The van der Waals surface area contributed by atoms with E-state index in [1.807, 2.05) is 0 Å². The van der Waals surface area contributed by atoms with Crippen LogP contribution in [0, 0.1) is 29.2 Å². The molecule has 2 N–H and O–H groups in total. The lowest BCUT2D eigenvalue weighted by Gasteiger charge is -2.42. The molecular formula is C19H21F4NO4. The average molecular weight is 403 g/mol. The molecule has 0 bridgehead atoms. The largest absolute Gasteiger partial charge is 0.506 e. The molecule has 0 amide bonds. The lowest BCUT2D eigenvalue weighted by Crippen LogP contribution is -2.43. The fourth-order valence-electron chi connectivity index (χ4n) is 2.96. The Labute approximate surface area is 159 Å². The van der Waals surface area contributed by atoms with E-state index in [1.165, 1.54) is 6.92 Å². The number of aliphatic hydroxyl groups is 2. The zero-order valence-corrected chi connectivity index (χ0v) is 15.4. The van der Waals surface area contributed by atoms with Crippen molar-refractivity contribution < 1.29 is 37.3 Å². The lowest BCUT2D eigenvalue weighted by atomic mass is 9.69. The van der Waals surface area contributed by atoms with Gasteiger partial charge in [-0.25, -0.2) is 22.4 Å². The van der Waals surface area contributed by atoms with Gasteiger partial charge in [-0.2, -0.15) is 0 Å². The first-order valence-corrected chi connectivity index (χ1v) is 8.78. The van der Waals surface area contributed by atoms with Crippen molar-refractivity contribution in [2.45, 2.75) is 38.6 Å². The van der Waals surface area contributed by atoms with E-state index in [4.69, 9.17) is 4.74 Å². The van der Waals surface area contributed by atoms with Crippen molar-refractivity contribution in [3.63, 3.8) is 0 Å². The number of ether oxygens (including phenoxy) is 1. The minimum absolute atomic E-state index is 0.0870. The molecule has 0 aliphatic heterocycles. The number of benzene rings is 1. The average Bonchev–Trinajstić information content (AvgIpc) is 2.64. The Morgan fingerprint density at radius 2 is 1.93 bits per heavy atom. The van der Waals surface area contributed by atoms with E-state index in [2.05, 4.69) is 4.99 Å². The van der Waals surface area contributed by atoms with Crippen LogP contribution >= 0.6 is 0 Å². The number of nitrogens with zero attached hydrogens (tertiary/aromatic N) is 1. The molecule has 0 aromatic heterocycles. The summed E-state index contributed by atoms with van der Waals surface area (Å²) in [6, 6.07) is 0.242. The molecule has 1 fully saturated rings. The molecule has 1 aliphatic rings. The molecule has 1 aliphatic carbocycles. The summed E-state index contributed by atoms with van der Waals surface area (Å²) in [4.78, 5) is 16.5. The number of hydrogen-bond donors (Lipinski definition) is 2.